The number of ether oxygens (including phenoxy) is 1. The third-order valence-electron chi connectivity index (χ3n) is 4.75. The number of hydrogen-bond donors (Lipinski definition) is 3. The van der Waals surface area contributed by atoms with Gasteiger partial charge in [-0.1, -0.05) is 60.7 Å². The van der Waals surface area contributed by atoms with Gasteiger partial charge in [-0.15, -0.1) is 11.3 Å². The maximum atomic E-state index is 12.3. The molecule has 0 aliphatic carbocycles. The smallest absolute Gasteiger partial charge is 0.407 e. The minimum Gasteiger partial charge on any atom is -0.444 e. The van der Waals surface area contributed by atoms with Crippen molar-refractivity contribution >= 4 is 17.4 Å². The van der Waals surface area contributed by atoms with Crippen LogP contribution in [0.15, 0.2) is 72.4 Å². The number of amides is 1. The zero-order chi connectivity index (χ0) is 21.2. The predicted molar refractivity (Wildman–Crippen MR) is 118 cm³/mol. The quantitative estimate of drug-likeness (QED) is 0.459. The van der Waals surface area contributed by atoms with E-state index in [2.05, 4.69) is 10.3 Å². The number of rotatable bonds is 10. The van der Waals surface area contributed by atoms with Gasteiger partial charge in [0.05, 0.1) is 22.5 Å². The van der Waals surface area contributed by atoms with Crippen LogP contribution in [0.1, 0.15) is 34.9 Å². The number of hydrogen-bond acceptors (Lipinski definition) is 6. The van der Waals surface area contributed by atoms with Gasteiger partial charge in [0.2, 0.25) is 0 Å². The SMILES string of the molecule is N[C@@H](Cc1ccccc1)C[C@H](O)CC(NC(=O)OCc1cncs1)c1ccccc1. The van der Waals surface area contributed by atoms with E-state index in [4.69, 9.17) is 10.5 Å². The first-order valence-electron chi connectivity index (χ1n) is 9.93. The molecule has 6 nitrogen and oxygen atoms in total. The molecule has 3 rings (SSSR count). The van der Waals surface area contributed by atoms with Crippen LogP contribution in [-0.2, 0) is 17.8 Å². The first kappa shape index (κ1) is 22.0. The Morgan fingerprint density at radius 2 is 1.80 bits per heavy atom. The van der Waals surface area contributed by atoms with Crippen molar-refractivity contribution in [3.05, 3.63) is 88.4 Å². The summed E-state index contributed by atoms with van der Waals surface area (Å²) in [5.74, 6) is 0. The van der Waals surface area contributed by atoms with Crippen molar-refractivity contribution in [2.75, 3.05) is 0 Å². The van der Waals surface area contributed by atoms with Gasteiger partial charge in [0.25, 0.3) is 0 Å². The Morgan fingerprint density at radius 1 is 1.10 bits per heavy atom. The third kappa shape index (κ3) is 7.26. The second kappa shape index (κ2) is 11.4. The van der Waals surface area contributed by atoms with E-state index in [1.165, 1.54) is 11.3 Å². The molecule has 0 saturated carbocycles. The van der Waals surface area contributed by atoms with Crippen LogP contribution in [0.25, 0.3) is 0 Å². The molecule has 0 bridgehead atoms. The molecule has 158 valence electrons. The van der Waals surface area contributed by atoms with Gasteiger partial charge in [-0.3, -0.25) is 4.98 Å². The van der Waals surface area contributed by atoms with Crippen LogP contribution < -0.4 is 11.1 Å². The van der Waals surface area contributed by atoms with Gasteiger partial charge in [0.15, 0.2) is 0 Å². The average Bonchev–Trinajstić information content (AvgIpc) is 3.27. The van der Waals surface area contributed by atoms with Gasteiger partial charge < -0.3 is 20.9 Å². The van der Waals surface area contributed by atoms with Gasteiger partial charge in [0.1, 0.15) is 6.61 Å². The molecule has 3 aromatic rings. The molecule has 30 heavy (non-hydrogen) atoms. The molecule has 2 aromatic carbocycles. The first-order valence-corrected chi connectivity index (χ1v) is 10.8. The lowest BCUT2D eigenvalue weighted by Gasteiger charge is -2.23. The molecule has 0 aliphatic rings. The maximum absolute atomic E-state index is 12.3. The summed E-state index contributed by atoms with van der Waals surface area (Å²) in [6.07, 6.45) is 1.97. The summed E-state index contributed by atoms with van der Waals surface area (Å²) < 4.78 is 5.29. The number of aromatic nitrogens is 1. The van der Waals surface area contributed by atoms with Crippen LogP contribution in [0.5, 0.6) is 0 Å². The van der Waals surface area contributed by atoms with Crippen molar-refractivity contribution in [1.82, 2.24) is 10.3 Å². The second-order valence-corrected chi connectivity index (χ2v) is 8.20. The van der Waals surface area contributed by atoms with Crippen molar-refractivity contribution in [2.45, 2.75) is 44.1 Å². The molecule has 1 unspecified atom stereocenters. The minimum absolute atomic E-state index is 0.169. The molecule has 3 atom stereocenters. The monoisotopic (exact) mass is 425 g/mol. The molecule has 0 fully saturated rings. The van der Waals surface area contributed by atoms with E-state index in [0.717, 1.165) is 16.0 Å². The first-order chi connectivity index (χ1) is 14.6. The highest BCUT2D eigenvalue weighted by atomic mass is 32.1. The Hall–Kier alpha value is -2.74. The number of nitrogens with two attached hydrogens (primary N) is 1. The van der Waals surface area contributed by atoms with Gasteiger partial charge in [-0.2, -0.15) is 0 Å². The maximum Gasteiger partial charge on any atom is 0.407 e. The fraction of sp³-hybridized carbons (Fsp3) is 0.304. The molecule has 0 spiro atoms. The highest BCUT2D eigenvalue weighted by molar-refractivity contribution is 7.09. The van der Waals surface area contributed by atoms with Gasteiger partial charge in [-0.05, 0) is 30.4 Å². The van der Waals surface area contributed by atoms with Crippen LogP contribution in [0.3, 0.4) is 0 Å². The zero-order valence-corrected chi connectivity index (χ0v) is 17.5. The van der Waals surface area contributed by atoms with Crippen LogP contribution in [-0.4, -0.2) is 28.3 Å². The van der Waals surface area contributed by atoms with Crippen LogP contribution in [0.2, 0.25) is 0 Å². The topological polar surface area (TPSA) is 97.5 Å². The van der Waals surface area contributed by atoms with Crippen molar-refractivity contribution in [3.8, 4) is 0 Å². The molecular weight excluding hydrogens is 398 g/mol. The second-order valence-electron chi connectivity index (χ2n) is 7.23. The number of carbonyl (C=O) groups is 1. The molecule has 1 heterocycles. The molecule has 1 aromatic heterocycles. The summed E-state index contributed by atoms with van der Waals surface area (Å²) in [7, 11) is 0. The highest BCUT2D eigenvalue weighted by Gasteiger charge is 2.21. The third-order valence-corrected chi connectivity index (χ3v) is 5.50. The summed E-state index contributed by atoms with van der Waals surface area (Å²) in [6, 6.07) is 19.0. The lowest BCUT2D eigenvalue weighted by Crippen LogP contribution is -2.34. The fourth-order valence-electron chi connectivity index (χ4n) is 3.32. The Balaban J connectivity index is 1.55. The van der Waals surface area contributed by atoms with E-state index >= 15 is 0 Å². The van der Waals surface area contributed by atoms with Gasteiger partial charge in [-0.25, -0.2) is 4.79 Å². The Morgan fingerprint density at radius 3 is 2.47 bits per heavy atom. The minimum atomic E-state index is -0.657. The summed E-state index contributed by atoms with van der Waals surface area (Å²) in [5, 5.41) is 13.5. The Bertz CT molecular complexity index is 875. The largest absolute Gasteiger partial charge is 0.444 e. The highest BCUT2D eigenvalue weighted by Crippen LogP contribution is 2.21. The molecule has 0 aliphatic heterocycles. The number of nitrogens with zero attached hydrogens (tertiary/aromatic N) is 1. The van der Waals surface area contributed by atoms with E-state index in [-0.39, 0.29) is 18.7 Å². The standard InChI is InChI=1S/C23H27N3O3S/c24-19(11-17-7-3-1-4-8-17)12-20(27)13-22(18-9-5-2-6-10-18)26-23(28)29-15-21-14-25-16-30-21/h1-10,14,16,19-20,22,27H,11-13,15,24H2,(H,26,28)/t19-,20-,22?/m0/s1. The fourth-order valence-corrected chi connectivity index (χ4v) is 3.82. The number of aliphatic hydroxyl groups excluding tert-OH is 1. The summed E-state index contributed by atoms with van der Waals surface area (Å²) in [5.41, 5.74) is 9.99. The van der Waals surface area contributed by atoms with Crippen molar-refractivity contribution in [1.29, 1.82) is 0 Å². The zero-order valence-electron chi connectivity index (χ0n) is 16.7. The van der Waals surface area contributed by atoms with E-state index in [9.17, 15) is 9.90 Å². The molecule has 0 radical (unpaired) electrons. The number of aliphatic hydroxyl groups is 1. The number of alkyl carbamates (subject to hydrolysis) is 1. The van der Waals surface area contributed by atoms with E-state index in [1.54, 1.807) is 11.7 Å². The molecular formula is C23H27N3O3S. The van der Waals surface area contributed by atoms with Crippen molar-refractivity contribution in [3.63, 3.8) is 0 Å². The van der Waals surface area contributed by atoms with Crippen molar-refractivity contribution < 1.29 is 14.6 Å². The van der Waals surface area contributed by atoms with E-state index in [1.807, 2.05) is 60.7 Å². The summed E-state index contributed by atoms with van der Waals surface area (Å²) >= 11 is 1.43. The van der Waals surface area contributed by atoms with Gasteiger partial charge in [0, 0.05) is 12.2 Å². The predicted octanol–water partition coefficient (Wildman–Crippen LogP) is 3.82. The molecule has 1 amide bonds. The van der Waals surface area contributed by atoms with E-state index in [0.29, 0.717) is 19.3 Å². The molecule has 0 saturated heterocycles. The molecule has 7 heteroatoms. The number of thiazole rings is 1. The van der Waals surface area contributed by atoms with Crippen molar-refractivity contribution in [2.24, 2.45) is 5.73 Å². The Kier molecular flexibility index (Phi) is 8.38. The van der Waals surface area contributed by atoms with Crippen LogP contribution in [0, 0.1) is 0 Å². The van der Waals surface area contributed by atoms with Gasteiger partial charge >= 0.3 is 6.09 Å². The lowest BCUT2D eigenvalue weighted by molar-refractivity contribution is 0.116. The van der Waals surface area contributed by atoms with Crippen LogP contribution in [0.4, 0.5) is 4.79 Å². The summed E-state index contributed by atoms with van der Waals surface area (Å²) in [6.45, 7) is 0.169. The van der Waals surface area contributed by atoms with E-state index < -0.39 is 12.2 Å². The Labute approximate surface area is 180 Å². The molecule has 4 N–H and O–H groups in total. The normalized spacial score (nSPS) is 13.9. The number of carbonyl (C=O) groups excluding carboxylic acids is 1. The average molecular weight is 426 g/mol. The summed E-state index contributed by atoms with van der Waals surface area (Å²) in [4.78, 5) is 17.1. The number of benzene rings is 2. The van der Waals surface area contributed by atoms with Crippen LogP contribution >= 0.6 is 11.3 Å². The number of nitrogens with one attached hydrogen (secondary N) is 1. The lowest BCUT2D eigenvalue weighted by atomic mass is 9.95.